The van der Waals surface area contributed by atoms with Crippen LogP contribution >= 0.6 is 0 Å². The molecule has 1 aromatic carbocycles. The van der Waals surface area contributed by atoms with E-state index in [0.717, 1.165) is 43.7 Å². The van der Waals surface area contributed by atoms with Crippen molar-refractivity contribution in [1.82, 2.24) is 4.90 Å². The molecule has 0 aromatic heterocycles. The van der Waals surface area contributed by atoms with Crippen LogP contribution in [0.4, 0.5) is 0 Å². The molecule has 0 radical (unpaired) electrons. The summed E-state index contributed by atoms with van der Waals surface area (Å²) in [4.78, 5) is 14.3. The lowest BCUT2D eigenvalue weighted by molar-refractivity contribution is 0.0571. The highest BCUT2D eigenvalue weighted by molar-refractivity contribution is 5.94. The van der Waals surface area contributed by atoms with Crippen molar-refractivity contribution >= 4 is 5.91 Å². The van der Waals surface area contributed by atoms with Gasteiger partial charge in [0.1, 0.15) is 0 Å². The van der Waals surface area contributed by atoms with Gasteiger partial charge in [-0.15, -0.1) is 0 Å². The average molecular weight is 262 g/mol. The Balaban J connectivity index is 2.01. The third-order valence-electron chi connectivity index (χ3n) is 3.65. The van der Waals surface area contributed by atoms with Crippen LogP contribution in [-0.4, -0.2) is 37.6 Å². The Kier molecular flexibility index (Phi) is 4.93. The van der Waals surface area contributed by atoms with Crippen molar-refractivity contribution in [1.29, 1.82) is 0 Å². The molecular formula is C15H22N2O2. The van der Waals surface area contributed by atoms with E-state index >= 15 is 0 Å². The van der Waals surface area contributed by atoms with E-state index in [1.807, 2.05) is 29.2 Å². The van der Waals surface area contributed by atoms with Crippen molar-refractivity contribution in [2.75, 3.05) is 26.8 Å². The monoisotopic (exact) mass is 262 g/mol. The number of benzene rings is 1. The minimum atomic E-state index is 0.115. The second kappa shape index (κ2) is 6.68. The molecule has 0 spiro atoms. The third kappa shape index (κ3) is 3.55. The van der Waals surface area contributed by atoms with E-state index in [-0.39, 0.29) is 5.91 Å². The molecule has 0 saturated carbocycles. The standard InChI is InChI=1S/C15H22N2O2/c1-19-11-13-3-2-8-17(10-13)15(18)14-6-4-12(9-16)5-7-14/h4-7,13H,2-3,8-11,16H2,1H3/t13-/m0/s1. The van der Waals surface area contributed by atoms with Crippen LogP contribution < -0.4 is 5.73 Å². The van der Waals surface area contributed by atoms with Gasteiger partial charge in [0.05, 0.1) is 6.61 Å². The molecule has 1 aliphatic heterocycles. The number of ether oxygens (including phenoxy) is 1. The molecule has 1 heterocycles. The first-order valence-corrected chi connectivity index (χ1v) is 6.82. The summed E-state index contributed by atoms with van der Waals surface area (Å²) in [5.74, 6) is 0.579. The number of nitrogens with zero attached hydrogens (tertiary/aromatic N) is 1. The topological polar surface area (TPSA) is 55.6 Å². The molecule has 4 nitrogen and oxygen atoms in total. The molecule has 1 fully saturated rings. The Morgan fingerprint density at radius 3 is 2.79 bits per heavy atom. The molecule has 1 amide bonds. The summed E-state index contributed by atoms with van der Waals surface area (Å²) in [6.45, 7) is 2.88. The van der Waals surface area contributed by atoms with E-state index in [9.17, 15) is 4.79 Å². The van der Waals surface area contributed by atoms with E-state index < -0.39 is 0 Å². The van der Waals surface area contributed by atoms with Crippen molar-refractivity contribution in [2.24, 2.45) is 11.7 Å². The summed E-state index contributed by atoms with van der Waals surface area (Å²) in [5.41, 5.74) is 7.36. The lowest BCUT2D eigenvalue weighted by Crippen LogP contribution is -2.41. The Bertz CT molecular complexity index is 415. The molecule has 104 valence electrons. The third-order valence-corrected chi connectivity index (χ3v) is 3.65. The van der Waals surface area contributed by atoms with Gasteiger partial charge in [-0.3, -0.25) is 4.79 Å². The number of carbonyl (C=O) groups is 1. The first-order chi connectivity index (χ1) is 9.24. The summed E-state index contributed by atoms with van der Waals surface area (Å²) in [6, 6.07) is 7.57. The average Bonchev–Trinajstić information content (AvgIpc) is 2.47. The molecule has 1 atom stereocenters. The molecule has 1 aliphatic rings. The Morgan fingerprint density at radius 1 is 1.42 bits per heavy atom. The summed E-state index contributed by atoms with van der Waals surface area (Å²) in [5, 5.41) is 0. The Labute approximate surface area is 114 Å². The van der Waals surface area contributed by atoms with Crippen LogP contribution in [0, 0.1) is 5.92 Å². The molecule has 0 bridgehead atoms. The number of hydrogen-bond donors (Lipinski definition) is 1. The van der Waals surface area contributed by atoms with Gasteiger partial charge in [-0.1, -0.05) is 12.1 Å². The van der Waals surface area contributed by atoms with Crippen molar-refractivity contribution < 1.29 is 9.53 Å². The van der Waals surface area contributed by atoms with Gasteiger partial charge in [0, 0.05) is 32.3 Å². The molecule has 2 rings (SSSR count). The molecule has 0 unspecified atom stereocenters. The van der Waals surface area contributed by atoms with E-state index in [4.69, 9.17) is 10.5 Å². The lowest BCUT2D eigenvalue weighted by Gasteiger charge is -2.32. The molecule has 2 N–H and O–H groups in total. The highest BCUT2D eigenvalue weighted by atomic mass is 16.5. The molecule has 4 heteroatoms. The number of piperidine rings is 1. The normalized spacial score (nSPS) is 19.5. The zero-order valence-electron chi connectivity index (χ0n) is 11.5. The Morgan fingerprint density at radius 2 is 2.16 bits per heavy atom. The zero-order chi connectivity index (χ0) is 13.7. The summed E-state index contributed by atoms with van der Waals surface area (Å²) in [6.07, 6.45) is 2.20. The van der Waals surface area contributed by atoms with E-state index in [1.165, 1.54) is 0 Å². The Hall–Kier alpha value is -1.39. The van der Waals surface area contributed by atoms with Gasteiger partial charge in [0.25, 0.3) is 5.91 Å². The van der Waals surface area contributed by atoms with Gasteiger partial charge in [0.15, 0.2) is 0 Å². The van der Waals surface area contributed by atoms with Crippen molar-refractivity contribution in [2.45, 2.75) is 19.4 Å². The highest BCUT2D eigenvalue weighted by Crippen LogP contribution is 2.19. The fraction of sp³-hybridized carbons (Fsp3) is 0.533. The first-order valence-electron chi connectivity index (χ1n) is 6.82. The molecule has 1 saturated heterocycles. The molecular weight excluding hydrogens is 240 g/mol. The maximum absolute atomic E-state index is 12.4. The van der Waals surface area contributed by atoms with E-state index in [2.05, 4.69) is 0 Å². The van der Waals surface area contributed by atoms with Crippen LogP contribution in [0.5, 0.6) is 0 Å². The fourth-order valence-electron chi connectivity index (χ4n) is 2.59. The number of amides is 1. The number of likely N-dealkylation sites (tertiary alicyclic amines) is 1. The van der Waals surface area contributed by atoms with Gasteiger partial charge in [-0.2, -0.15) is 0 Å². The van der Waals surface area contributed by atoms with Gasteiger partial charge in [-0.05, 0) is 36.5 Å². The SMILES string of the molecule is COC[C@H]1CCCN(C(=O)c2ccc(CN)cc2)C1. The predicted octanol–water partition coefficient (Wildman–Crippen LogP) is 1.64. The smallest absolute Gasteiger partial charge is 0.253 e. The number of nitrogens with two attached hydrogens (primary N) is 1. The molecule has 0 aliphatic carbocycles. The van der Waals surface area contributed by atoms with Gasteiger partial charge in [-0.25, -0.2) is 0 Å². The molecule has 1 aromatic rings. The summed E-state index contributed by atoms with van der Waals surface area (Å²) < 4.78 is 5.19. The van der Waals surface area contributed by atoms with Crippen LogP contribution in [0.15, 0.2) is 24.3 Å². The van der Waals surface area contributed by atoms with Crippen LogP contribution in [-0.2, 0) is 11.3 Å². The minimum Gasteiger partial charge on any atom is -0.384 e. The second-order valence-electron chi connectivity index (χ2n) is 5.12. The fourth-order valence-corrected chi connectivity index (χ4v) is 2.59. The zero-order valence-corrected chi connectivity index (χ0v) is 11.5. The largest absolute Gasteiger partial charge is 0.384 e. The maximum Gasteiger partial charge on any atom is 0.253 e. The molecule has 19 heavy (non-hydrogen) atoms. The lowest BCUT2D eigenvalue weighted by atomic mass is 9.98. The number of carbonyl (C=O) groups excluding carboxylic acids is 1. The summed E-state index contributed by atoms with van der Waals surface area (Å²) >= 11 is 0. The van der Waals surface area contributed by atoms with Crippen LogP contribution in [0.1, 0.15) is 28.8 Å². The van der Waals surface area contributed by atoms with E-state index in [0.29, 0.717) is 12.5 Å². The minimum absolute atomic E-state index is 0.115. The quantitative estimate of drug-likeness (QED) is 0.897. The predicted molar refractivity (Wildman–Crippen MR) is 74.8 cm³/mol. The van der Waals surface area contributed by atoms with Gasteiger partial charge < -0.3 is 15.4 Å². The summed E-state index contributed by atoms with van der Waals surface area (Å²) in [7, 11) is 1.71. The number of methoxy groups -OCH3 is 1. The van der Waals surface area contributed by atoms with Crippen LogP contribution in [0.3, 0.4) is 0 Å². The van der Waals surface area contributed by atoms with Gasteiger partial charge >= 0.3 is 0 Å². The van der Waals surface area contributed by atoms with Crippen molar-refractivity contribution in [3.63, 3.8) is 0 Å². The maximum atomic E-state index is 12.4. The van der Waals surface area contributed by atoms with Crippen LogP contribution in [0.2, 0.25) is 0 Å². The number of rotatable bonds is 4. The highest BCUT2D eigenvalue weighted by Gasteiger charge is 2.24. The second-order valence-corrected chi connectivity index (χ2v) is 5.12. The number of hydrogen-bond acceptors (Lipinski definition) is 3. The van der Waals surface area contributed by atoms with E-state index in [1.54, 1.807) is 7.11 Å². The van der Waals surface area contributed by atoms with Crippen LogP contribution in [0.25, 0.3) is 0 Å². The van der Waals surface area contributed by atoms with Gasteiger partial charge in [0.2, 0.25) is 0 Å². The van der Waals surface area contributed by atoms with Crippen molar-refractivity contribution in [3.8, 4) is 0 Å². The van der Waals surface area contributed by atoms with Crippen molar-refractivity contribution in [3.05, 3.63) is 35.4 Å². The first kappa shape index (κ1) is 14.0.